The van der Waals surface area contributed by atoms with Gasteiger partial charge in [0.2, 0.25) is 11.7 Å². The molecule has 0 saturated heterocycles. The fraction of sp³-hybridized carbons (Fsp3) is 0.250. The van der Waals surface area contributed by atoms with Gasteiger partial charge in [0, 0.05) is 5.56 Å². The molecular weight excluding hydrogens is 330 g/mol. The number of halogens is 1. The van der Waals surface area contributed by atoms with E-state index >= 15 is 0 Å². The van der Waals surface area contributed by atoms with Gasteiger partial charge in [0.25, 0.3) is 0 Å². The third kappa shape index (κ3) is 3.49. The van der Waals surface area contributed by atoms with Crippen molar-refractivity contribution in [1.29, 1.82) is 5.26 Å². The van der Waals surface area contributed by atoms with Gasteiger partial charge in [-0.05, 0) is 34.1 Å². The number of nitrogens with zero attached hydrogens (tertiary/aromatic N) is 3. The Morgan fingerprint density at radius 3 is 3.05 bits per heavy atom. The number of rotatable bonds is 5. The van der Waals surface area contributed by atoms with Crippen LogP contribution in [0.5, 0.6) is 5.75 Å². The summed E-state index contributed by atoms with van der Waals surface area (Å²) in [5, 5.41) is 12.4. The van der Waals surface area contributed by atoms with Crippen LogP contribution in [-0.2, 0) is 5.75 Å². The van der Waals surface area contributed by atoms with Crippen molar-refractivity contribution in [3.05, 3.63) is 28.6 Å². The summed E-state index contributed by atoms with van der Waals surface area (Å²) in [6.07, 6.45) is 0. The number of methoxy groups -OCH3 is 1. The van der Waals surface area contributed by atoms with Crippen LogP contribution in [0.25, 0.3) is 11.4 Å². The van der Waals surface area contributed by atoms with E-state index in [-0.39, 0.29) is 0 Å². The summed E-state index contributed by atoms with van der Waals surface area (Å²) in [6.45, 7) is 0. The summed E-state index contributed by atoms with van der Waals surface area (Å²) < 4.78 is 11.1. The van der Waals surface area contributed by atoms with Gasteiger partial charge in [-0.25, -0.2) is 0 Å². The van der Waals surface area contributed by atoms with Crippen LogP contribution in [0.1, 0.15) is 5.89 Å². The molecule has 0 aliphatic carbocycles. The Morgan fingerprint density at radius 2 is 2.37 bits per heavy atom. The summed E-state index contributed by atoms with van der Waals surface area (Å²) in [5.74, 6) is 2.74. The molecule has 0 aliphatic rings. The fourth-order valence-electron chi connectivity index (χ4n) is 1.42. The number of nitriles is 1. The van der Waals surface area contributed by atoms with E-state index < -0.39 is 0 Å². The van der Waals surface area contributed by atoms with Gasteiger partial charge in [-0.15, -0.1) is 11.8 Å². The average molecular weight is 340 g/mol. The molecular formula is C12H10BrN3O2S. The Labute approximate surface area is 123 Å². The zero-order chi connectivity index (χ0) is 13.7. The number of aromatic nitrogens is 2. The molecule has 0 saturated carbocycles. The van der Waals surface area contributed by atoms with Crippen molar-refractivity contribution in [2.45, 2.75) is 5.75 Å². The Kier molecular flexibility index (Phi) is 4.82. The Hall–Kier alpha value is -1.52. The summed E-state index contributed by atoms with van der Waals surface area (Å²) >= 11 is 4.85. The molecule has 7 heteroatoms. The molecule has 1 aromatic heterocycles. The highest BCUT2D eigenvalue weighted by molar-refractivity contribution is 9.10. The first-order valence-corrected chi connectivity index (χ1v) is 7.30. The van der Waals surface area contributed by atoms with Crippen molar-refractivity contribution < 1.29 is 9.26 Å². The van der Waals surface area contributed by atoms with Crippen LogP contribution in [0.15, 0.2) is 27.2 Å². The quantitative estimate of drug-likeness (QED) is 0.778. The number of hydrogen-bond acceptors (Lipinski definition) is 6. The maximum atomic E-state index is 8.45. The lowest BCUT2D eigenvalue weighted by atomic mass is 10.2. The smallest absolute Gasteiger partial charge is 0.236 e. The van der Waals surface area contributed by atoms with Crippen LogP contribution >= 0.6 is 27.7 Å². The maximum absolute atomic E-state index is 8.45. The van der Waals surface area contributed by atoms with Crippen molar-refractivity contribution in [2.24, 2.45) is 0 Å². The fourth-order valence-corrected chi connectivity index (χ4v) is 2.45. The van der Waals surface area contributed by atoms with Gasteiger partial charge in [0.05, 0.1) is 29.2 Å². The molecule has 0 amide bonds. The van der Waals surface area contributed by atoms with E-state index in [1.807, 2.05) is 24.3 Å². The van der Waals surface area contributed by atoms with Gasteiger partial charge in [-0.3, -0.25) is 0 Å². The highest BCUT2D eigenvalue weighted by atomic mass is 79.9. The lowest BCUT2D eigenvalue weighted by Crippen LogP contribution is -1.87. The summed E-state index contributed by atoms with van der Waals surface area (Å²) in [5.41, 5.74) is 0.841. The summed E-state index contributed by atoms with van der Waals surface area (Å²) in [6, 6.07) is 7.62. The summed E-state index contributed by atoms with van der Waals surface area (Å²) in [7, 11) is 1.61. The SMILES string of the molecule is COc1ccc(-c2noc(CSCC#N)n2)cc1Br. The molecule has 0 N–H and O–H groups in total. The van der Waals surface area contributed by atoms with E-state index in [1.54, 1.807) is 7.11 Å². The van der Waals surface area contributed by atoms with Crippen molar-refractivity contribution in [1.82, 2.24) is 10.1 Å². The second kappa shape index (κ2) is 6.59. The van der Waals surface area contributed by atoms with Crippen molar-refractivity contribution in [3.63, 3.8) is 0 Å². The Balaban J connectivity index is 2.14. The van der Waals surface area contributed by atoms with Gasteiger partial charge >= 0.3 is 0 Å². The van der Waals surface area contributed by atoms with Gasteiger partial charge in [-0.2, -0.15) is 10.2 Å². The summed E-state index contributed by atoms with van der Waals surface area (Å²) in [4.78, 5) is 4.28. The van der Waals surface area contributed by atoms with Crippen LogP contribution in [0.2, 0.25) is 0 Å². The van der Waals surface area contributed by atoms with Crippen molar-refractivity contribution >= 4 is 27.7 Å². The average Bonchev–Trinajstić information content (AvgIpc) is 2.88. The van der Waals surface area contributed by atoms with E-state index in [9.17, 15) is 0 Å². The predicted octanol–water partition coefficient (Wildman–Crippen LogP) is 3.26. The largest absolute Gasteiger partial charge is 0.496 e. The molecule has 0 atom stereocenters. The Bertz CT molecular complexity index is 609. The normalized spacial score (nSPS) is 10.2. The number of benzene rings is 1. The first kappa shape index (κ1) is 13.9. The van der Waals surface area contributed by atoms with Gasteiger partial charge in [-0.1, -0.05) is 5.16 Å². The first-order valence-electron chi connectivity index (χ1n) is 5.35. The highest BCUT2D eigenvalue weighted by Gasteiger charge is 2.10. The van der Waals surface area contributed by atoms with Gasteiger partial charge in [0.1, 0.15) is 5.75 Å². The van der Waals surface area contributed by atoms with Gasteiger partial charge in [0.15, 0.2) is 0 Å². The minimum absolute atomic E-state index is 0.409. The minimum atomic E-state index is 0.409. The second-order valence-corrected chi connectivity index (χ2v) is 5.35. The molecule has 0 radical (unpaired) electrons. The van der Waals surface area contributed by atoms with Crippen LogP contribution in [-0.4, -0.2) is 23.0 Å². The molecule has 5 nitrogen and oxygen atoms in total. The molecule has 19 heavy (non-hydrogen) atoms. The standard InChI is InChI=1S/C12H10BrN3O2S/c1-17-10-3-2-8(6-9(10)13)12-15-11(18-16-12)7-19-5-4-14/h2-3,6H,5,7H2,1H3. The van der Waals surface area contributed by atoms with Crippen LogP contribution in [0, 0.1) is 11.3 Å². The zero-order valence-electron chi connectivity index (χ0n) is 10.1. The topological polar surface area (TPSA) is 71.9 Å². The molecule has 0 fully saturated rings. The molecule has 0 unspecified atom stereocenters. The number of thioether (sulfide) groups is 1. The Morgan fingerprint density at radius 1 is 1.53 bits per heavy atom. The van der Waals surface area contributed by atoms with E-state index in [0.717, 1.165) is 15.8 Å². The van der Waals surface area contributed by atoms with E-state index in [0.29, 0.717) is 23.2 Å². The molecule has 2 aromatic rings. The monoisotopic (exact) mass is 339 g/mol. The highest BCUT2D eigenvalue weighted by Crippen LogP contribution is 2.29. The van der Waals surface area contributed by atoms with Crippen LogP contribution in [0.3, 0.4) is 0 Å². The zero-order valence-corrected chi connectivity index (χ0v) is 12.5. The molecule has 1 heterocycles. The van der Waals surface area contributed by atoms with E-state index in [4.69, 9.17) is 14.5 Å². The third-order valence-corrected chi connectivity index (χ3v) is 3.67. The second-order valence-electron chi connectivity index (χ2n) is 3.51. The van der Waals surface area contributed by atoms with Gasteiger partial charge < -0.3 is 9.26 Å². The van der Waals surface area contributed by atoms with Crippen LogP contribution in [0.4, 0.5) is 0 Å². The van der Waals surface area contributed by atoms with Crippen LogP contribution < -0.4 is 4.74 Å². The van der Waals surface area contributed by atoms with Crippen molar-refractivity contribution in [2.75, 3.05) is 12.9 Å². The lowest BCUT2D eigenvalue weighted by Gasteiger charge is -2.03. The molecule has 0 spiro atoms. The molecule has 1 aromatic carbocycles. The number of ether oxygens (including phenoxy) is 1. The molecule has 98 valence electrons. The minimum Gasteiger partial charge on any atom is -0.496 e. The third-order valence-electron chi connectivity index (χ3n) is 2.27. The lowest BCUT2D eigenvalue weighted by molar-refractivity contribution is 0.391. The first-order chi connectivity index (χ1) is 9.24. The number of hydrogen-bond donors (Lipinski definition) is 0. The predicted molar refractivity (Wildman–Crippen MR) is 75.8 cm³/mol. The molecule has 0 bridgehead atoms. The molecule has 0 aliphatic heterocycles. The van der Waals surface area contributed by atoms with E-state index in [1.165, 1.54) is 11.8 Å². The van der Waals surface area contributed by atoms with E-state index in [2.05, 4.69) is 26.1 Å². The molecule has 2 rings (SSSR count). The maximum Gasteiger partial charge on any atom is 0.236 e. The van der Waals surface area contributed by atoms with Crippen molar-refractivity contribution in [3.8, 4) is 23.2 Å².